The Morgan fingerprint density at radius 2 is 2.00 bits per heavy atom. The Hall–Kier alpha value is -1.95. The number of aromatic amines is 1. The largest absolute Gasteiger partial charge is 0.454 e. The van der Waals surface area contributed by atoms with Crippen molar-refractivity contribution in [2.75, 3.05) is 0 Å². The fourth-order valence-electron chi connectivity index (χ4n) is 3.57. The van der Waals surface area contributed by atoms with Crippen molar-refractivity contribution in [3.8, 4) is 0 Å². The number of nitrogens with one attached hydrogen (secondary N) is 1. The molecule has 0 aromatic carbocycles. The predicted molar refractivity (Wildman–Crippen MR) is 104 cm³/mol. The van der Waals surface area contributed by atoms with Crippen molar-refractivity contribution in [2.24, 2.45) is 17.3 Å². The molecule has 1 fully saturated rings. The normalized spacial score (nSPS) is 22.1. The molecule has 0 spiro atoms. The molecule has 1 saturated carbocycles. The average molecular weight is 375 g/mol. The summed E-state index contributed by atoms with van der Waals surface area (Å²) >= 11 is 1.49. The summed E-state index contributed by atoms with van der Waals surface area (Å²) in [5, 5.41) is 0.627. The summed E-state index contributed by atoms with van der Waals surface area (Å²) in [6, 6.07) is 0. The number of aromatic nitrogens is 2. The number of fused-ring (bicyclic) bond motifs is 1. The first-order valence-corrected chi connectivity index (χ1v) is 9.71. The third-order valence-corrected chi connectivity index (χ3v) is 6.51. The number of carbonyl (C=O) groups excluding carboxylic acids is 1. The molecule has 2 aromatic rings. The molecule has 2 heterocycles. The van der Waals surface area contributed by atoms with Gasteiger partial charge in [-0.05, 0) is 51.5 Å². The summed E-state index contributed by atoms with van der Waals surface area (Å²) < 4.78 is 5.65. The van der Waals surface area contributed by atoms with Gasteiger partial charge in [0.1, 0.15) is 4.83 Å². The van der Waals surface area contributed by atoms with E-state index in [4.69, 9.17) is 4.74 Å². The first-order chi connectivity index (χ1) is 12.0. The van der Waals surface area contributed by atoms with Crippen molar-refractivity contribution in [1.29, 1.82) is 0 Å². The van der Waals surface area contributed by atoms with Crippen LogP contribution in [-0.4, -0.2) is 15.9 Å². The molecule has 3 rings (SSSR count). The van der Waals surface area contributed by atoms with E-state index in [-0.39, 0.29) is 28.8 Å². The van der Waals surface area contributed by atoms with Gasteiger partial charge in [0.25, 0.3) is 5.56 Å². The number of hydrogen-bond acceptors (Lipinski definition) is 5. The van der Waals surface area contributed by atoms with E-state index < -0.39 is 6.10 Å². The number of carbonyl (C=O) groups is 1. The van der Waals surface area contributed by atoms with Gasteiger partial charge >= 0.3 is 5.97 Å². The van der Waals surface area contributed by atoms with E-state index in [2.05, 4.69) is 29.9 Å². The molecule has 0 amide bonds. The number of allylic oxidation sites excluding steroid dienone is 2. The maximum Gasteiger partial charge on any atom is 0.310 e. The Bertz CT molecular complexity index is 963. The van der Waals surface area contributed by atoms with E-state index in [1.54, 1.807) is 6.92 Å². The summed E-state index contributed by atoms with van der Waals surface area (Å²) in [4.78, 5) is 34.1. The lowest BCUT2D eigenvalue weighted by Crippen LogP contribution is -2.19. The van der Waals surface area contributed by atoms with Crippen LogP contribution in [0.4, 0.5) is 0 Å². The fourth-order valence-corrected chi connectivity index (χ4v) is 4.60. The smallest absolute Gasteiger partial charge is 0.310 e. The SMILES string of the molecule is CC(C)=C[C@@H]1[C@H](C(=O)O[C@@H](C)c2nc3sc(C)c(C)c3c(=O)[nH]2)C1(C)C. The summed E-state index contributed by atoms with van der Waals surface area (Å²) in [7, 11) is 0. The van der Waals surface area contributed by atoms with Crippen LogP contribution in [0.25, 0.3) is 10.2 Å². The van der Waals surface area contributed by atoms with Crippen LogP contribution in [0.2, 0.25) is 0 Å². The quantitative estimate of drug-likeness (QED) is 0.634. The zero-order valence-electron chi connectivity index (χ0n) is 16.4. The zero-order chi connectivity index (χ0) is 19.4. The Morgan fingerprint density at radius 3 is 2.62 bits per heavy atom. The van der Waals surface area contributed by atoms with Crippen molar-refractivity contribution in [1.82, 2.24) is 9.97 Å². The number of esters is 1. The Kier molecular flexibility index (Phi) is 4.59. The van der Waals surface area contributed by atoms with Gasteiger partial charge in [-0.25, -0.2) is 4.98 Å². The molecule has 5 nitrogen and oxygen atoms in total. The summed E-state index contributed by atoms with van der Waals surface area (Å²) in [6.07, 6.45) is 1.55. The van der Waals surface area contributed by atoms with E-state index in [0.29, 0.717) is 16.0 Å². The number of thiophene rings is 1. The average Bonchev–Trinajstić information content (AvgIpc) is 2.91. The third-order valence-electron chi connectivity index (χ3n) is 5.41. The highest BCUT2D eigenvalue weighted by atomic mass is 32.1. The minimum absolute atomic E-state index is 0.0964. The summed E-state index contributed by atoms with van der Waals surface area (Å²) in [5.41, 5.74) is 1.88. The van der Waals surface area contributed by atoms with Crippen molar-refractivity contribution < 1.29 is 9.53 Å². The molecule has 0 radical (unpaired) electrons. The second-order valence-corrected chi connectivity index (χ2v) is 9.27. The minimum atomic E-state index is -0.592. The number of ether oxygens (including phenoxy) is 1. The van der Waals surface area contributed by atoms with Gasteiger partial charge in [0.2, 0.25) is 0 Å². The first kappa shape index (κ1) is 18.8. The maximum absolute atomic E-state index is 12.6. The highest BCUT2D eigenvalue weighted by Gasteiger charge is 2.61. The van der Waals surface area contributed by atoms with Gasteiger partial charge in [-0.1, -0.05) is 25.5 Å². The van der Waals surface area contributed by atoms with Crippen LogP contribution in [0.15, 0.2) is 16.4 Å². The lowest BCUT2D eigenvalue weighted by Gasteiger charge is -2.13. The monoisotopic (exact) mass is 374 g/mol. The zero-order valence-corrected chi connectivity index (χ0v) is 17.2. The second-order valence-electron chi connectivity index (χ2n) is 8.06. The van der Waals surface area contributed by atoms with Crippen LogP contribution in [0, 0.1) is 31.1 Å². The van der Waals surface area contributed by atoms with Gasteiger partial charge in [-0.3, -0.25) is 9.59 Å². The third kappa shape index (κ3) is 3.11. The highest BCUT2D eigenvalue weighted by molar-refractivity contribution is 7.18. The number of rotatable bonds is 4. The Morgan fingerprint density at radius 1 is 1.35 bits per heavy atom. The summed E-state index contributed by atoms with van der Waals surface area (Å²) in [6.45, 7) is 13.9. The standard InChI is InChI=1S/C20H26N2O3S/c1-9(2)8-13-15(20(13,6)7)19(24)25-11(4)16-21-17(23)14-10(3)12(5)26-18(14)22-16/h8,11,13,15H,1-7H3,(H,21,22,23)/t11-,13+,15+/m0/s1. The first-order valence-electron chi connectivity index (χ1n) is 8.89. The molecule has 140 valence electrons. The van der Waals surface area contributed by atoms with Crippen molar-refractivity contribution in [2.45, 2.75) is 54.6 Å². The van der Waals surface area contributed by atoms with Gasteiger partial charge in [-0.2, -0.15) is 0 Å². The number of nitrogens with zero attached hydrogens (tertiary/aromatic N) is 1. The van der Waals surface area contributed by atoms with E-state index in [9.17, 15) is 9.59 Å². The van der Waals surface area contributed by atoms with Crippen LogP contribution in [0.1, 0.15) is 57.0 Å². The molecule has 1 aliphatic rings. The summed E-state index contributed by atoms with van der Waals surface area (Å²) in [5.74, 6) is 0.214. The predicted octanol–water partition coefficient (Wildman–Crippen LogP) is 4.44. The number of hydrogen-bond donors (Lipinski definition) is 1. The van der Waals surface area contributed by atoms with E-state index >= 15 is 0 Å². The molecular weight excluding hydrogens is 348 g/mol. The molecular formula is C20H26N2O3S. The van der Waals surface area contributed by atoms with Gasteiger partial charge < -0.3 is 9.72 Å². The van der Waals surface area contributed by atoms with Crippen molar-refractivity contribution in [3.63, 3.8) is 0 Å². The van der Waals surface area contributed by atoms with Crippen molar-refractivity contribution in [3.05, 3.63) is 38.3 Å². The van der Waals surface area contributed by atoms with Crippen LogP contribution >= 0.6 is 11.3 Å². The van der Waals surface area contributed by atoms with Gasteiger partial charge in [0.15, 0.2) is 11.9 Å². The highest BCUT2D eigenvalue weighted by Crippen LogP contribution is 2.60. The van der Waals surface area contributed by atoms with Crippen molar-refractivity contribution >= 4 is 27.5 Å². The Balaban J connectivity index is 1.82. The molecule has 3 atom stereocenters. The maximum atomic E-state index is 12.6. The Labute approximate surface area is 157 Å². The van der Waals surface area contributed by atoms with E-state index in [0.717, 1.165) is 10.4 Å². The molecule has 1 aliphatic carbocycles. The second kappa shape index (κ2) is 6.34. The topological polar surface area (TPSA) is 72.0 Å². The van der Waals surface area contributed by atoms with Crippen LogP contribution in [-0.2, 0) is 9.53 Å². The lowest BCUT2D eigenvalue weighted by molar-refractivity contribution is -0.151. The van der Waals surface area contributed by atoms with E-state index in [1.165, 1.54) is 16.9 Å². The molecule has 26 heavy (non-hydrogen) atoms. The molecule has 0 saturated heterocycles. The lowest BCUT2D eigenvalue weighted by atomic mass is 10.1. The molecule has 1 N–H and O–H groups in total. The molecule has 0 unspecified atom stereocenters. The molecule has 6 heteroatoms. The van der Waals surface area contributed by atoms with Gasteiger partial charge in [-0.15, -0.1) is 11.3 Å². The molecule has 0 bridgehead atoms. The van der Waals surface area contributed by atoms with Crippen LogP contribution in [0.5, 0.6) is 0 Å². The minimum Gasteiger partial charge on any atom is -0.454 e. The van der Waals surface area contributed by atoms with Gasteiger partial charge in [0, 0.05) is 4.88 Å². The van der Waals surface area contributed by atoms with Crippen LogP contribution in [0.3, 0.4) is 0 Å². The fraction of sp³-hybridized carbons (Fsp3) is 0.550. The van der Waals surface area contributed by atoms with Gasteiger partial charge in [0.05, 0.1) is 11.3 Å². The molecule has 0 aliphatic heterocycles. The number of H-pyrrole nitrogens is 1. The number of aryl methyl sites for hydroxylation is 2. The molecule has 2 aromatic heterocycles. The van der Waals surface area contributed by atoms with E-state index in [1.807, 2.05) is 27.7 Å². The van der Waals surface area contributed by atoms with Crippen LogP contribution < -0.4 is 5.56 Å².